The summed E-state index contributed by atoms with van der Waals surface area (Å²) in [4.78, 5) is 73.2. The molecule has 1 saturated heterocycles. The van der Waals surface area contributed by atoms with Crippen molar-refractivity contribution >= 4 is 35.6 Å². The highest BCUT2D eigenvalue weighted by molar-refractivity contribution is 5.93. The summed E-state index contributed by atoms with van der Waals surface area (Å²) < 4.78 is 10.4. The minimum atomic E-state index is -1.47. The normalized spacial score (nSPS) is 25.5. The van der Waals surface area contributed by atoms with E-state index in [4.69, 9.17) is 15.2 Å². The van der Waals surface area contributed by atoms with Crippen LogP contribution in [-0.4, -0.2) is 109 Å². The molecule has 0 saturated carbocycles. The van der Waals surface area contributed by atoms with Gasteiger partial charge in [-0.2, -0.15) is 0 Å². The van der Waals surface area contributed by atoms with Gasteiger partial charge in [0.15, 0.2) is 0 Å². The molecule has 1 aliphatic rings. The number of primary amides is 1. The van der Waals surface area contributed by atoms with Gasteiger partial charge in [-0.1, -0.05) is 0 Å². The van der Waals surface area contributed by atoms with Gasteiger partial charge in [0.1, 0.15) is 24.7 Å². The van der Waals surface area contributed by atoms with Crippen molar-refractivity contribution in [1.82, 2.24) is 32.1 Å². The molecule has 1 aliphatic heterocycles. The summed E-state index contributed by atoms with van der Waals surface area (Å²) in [6, 6.07) is -5.32. The molecule has 37 heavy (non-hydrogen) atoms. The molecule has 7 amide bonds. The highest BCUT2D eigenvalue weighted by atomic mass is 16.5. The lowest BCUT2D eigenvalue weighted by Crippen LogP contribution is -2.61. The van der Waals surface area contributed by atoms with Gasteiger partial charge in [0.05, 0.1) is 32.0 Å². The Hall–Kier alpha value is -3.54. The van der Waals surface area contributed by atoms with E-state index in [2.05, 4.69) is 21.3 Å². The number of amides is 7. The predicted octanol–water partition coefficient (Wildman–Crippen LogP) is -5.15. The minimum absolute atomic E-state index is 0.00762. The number of hydrogen-bond donors (Lipinski definition) is 9. The average molecular weight is 534 g/mol. The fraction of sp³-hybridized carbons (Fsp3) is 0.700. The van der Waals surface area contributed by atoms with Gasteiger partial charge in [-0.05, 0) is 20.3 Å². The summed E-state index contributed by atoms with van der Waals surface area (Å²) in [6.07, 6.45) is -3.27. The molecule has 0 aromatic heterocycles. The second-order valence-electron chi connectivity index (χ2n) is 8.11. The summed E-state index contributed by atoms with van der Waals surface area (Å²) in [5.74, 6) is -4.21. The fourth-order valence-corrected chi connectivity index (χ4v) is 2.95. The van der Waals surface area contributed by atoms with Crippen molar-refractivity contribution in [2.75, 3.05) is 33.0 Å². The van der Waals surface area contributed by atoms with Crippen LogP contribution in [0.1, 0.15) is 26.7 Å². The molecular weight excluding hydrogens is 498 g/mol. The van der Waals surface area contributed by atoms with Crippen LogP contribution < -0.4 is 37.9 Å². The molecule has 0 aliphatic carbocycles. The molecule has 1 rings (SSSR count). The maximum Gasteiger partial charge on any atom is 0.316 e. The Balaban J connectivity index is 3.05. The molecule has 17 heteroatoms. The lowest BCUT2D eigenvalue weighted by Gasteiger charge is -2.24. The largest absolute Gasteiger partial charge is 0.391 e. The molecule has 1 heterocycles. The Labute approximate surface area is 212 Å². The molecular formula is C20H35N7O10. The van der Waals surface area contributed by atoms with E-state index in [1.54, 1.807) is 0 Å². The monoisotopic (exact) mass is 533 g/mol. The van der Waals surface area contributed by atoms with Crippen LogP contribution in [0.2, 0.25) is 0 Å². The predicted molar refractivity (Wildman–Crippen MR) is 124 cm³/mol. The molecule has 1 fully saturated rings. The summed E-state index contributed by atoms with van der Waals surface area (Å²) >= 11 is 0. The smallest absolute Gasteiger partial charge is 0.316 e. The lowest BCUT2D eigenvalue weighted by atomic mass is 10.1. The van der Waals surface area contributed by atoms with Gasteiger partial charge in [-0.3, -0.25) is 34.8 Å². The van der Waals surface area contributed by atoms with Crippen LogP contribution in [0, 0.1) is 0 Å². The molecule has 0 aromatic carbocycles. The molecule has 5 atom stereocenters. The summed E-state index contributed by atoms with van der Waals surface area (Å²) in [6.45, 7) is 2.21. The Bertz CT molecular complexity index is 823. The second kappa shape index (κ2) is 16.3. The number of carbonyl (C=O) groups excluding carboxylic acids is 6. The van der Waals surface area contributed by atoms with Crippen molar-refractivity contribution in [3.63, 3.8) is 0 Å². The van der Waals surface area contributed by atoms with Crippen molar-refractivity contribution in [1.29, 1.82) is 0 Å². The molecule has 210 valence electrons. The van der Waals surface area contributed by atoms with Gasteiger partial charge in [0.2, 0.25) is 17.7 Å². The second-order valence-corrected chi connectivity index (χ2v) is 8.11. The van der Waals surface area contributed by atoms with E-state index in [0.717, 1.165) is 0 Å². The Morgan fingerprint density at radius 3 is 2.11 bits per heavy atom. The molecule has 10 N–H and O–H groups in total. The number of hydrogen-bond acceptors (Lipinski definition) is 10. The average Bonchev–Trinajstić information content (AvgIpc) is 2.82. The molecule has 0 aromatic rings. The minimum Gasteiger partial charge on any atom is -0.391 e. The topological polar surface area (TPSA) is 260 Å². The van der Waals surface area contributed by atoms with E-state index in [1.807, 2.05) is 10.9 Å². The van der Waals surface area contributed by atoms with Gasteiger partial charge >= 0.3 is 6.03 Å². The van der Waals surface area contributed by atoms with Crippen LogP contribution in [0.3, 0.4) is 0 Å². The first kappa shape index (κ1) is 31.5. The number of nitrogens with one attached hydrogen (secondary N) is 6. The summed E-state index contributed by atoms with van der Waals surface area (Å²) in [5.41, 5.74) is 9.16. The fourth-order valence-electron chi connectivity index (χ4n) is 2.95. The number of nitrogens with two attached hydrogens (primary N) is 1. The quantitative estimate of drug-likeness (QED) is 0.162. The van der Waals surface area contributed by atoms with E-state index in [-0.39, 0.29) is 39.2 Å². The maximum absolute atomic E-state index is 12.6. The summed E-state index contributed by atoms with van der Waals surface area (Å²) in [5, 5.41) is 29.0. The van der Waals surface area contributed by atoms with Crippen LogP contribution in [0.25, 0.3) is 0 Å². The van der Waals surface area contributed by atoms with E-state index in [0.29, 0.717) is 0 Å². The highest BCUT2D eigenvalue weighted by Gasteiger charge is 2.30. The zero-order chi connectivity index (χ0) is 28.0. The number of aliphatic hydroxyl groups is 2. The van der Waals surface area contributed by atoms with Crippen molar-refractivity contribution in [3.8, 4) is 0 Å². The summed E-state index contributed by atoms with van der Waals surface area (Å²) in [7, 11) is 0. The van der Waals surface area contributed by atoms with Crippen LogP contribution in [0.5, 0.6) is 0 Å². The van der Waals surface area contributed by atoms with Gasteiger partial charge in [-0.15, -0.1) is 0 Å². The zero-order valence-electron chi connectivity index (χ0n) is 20.6. The van der Waals surface area contributed by atoms with Crippen LogP contribution in [0.15, 0.2) is 0 Å². The van der Waals surface area contributed by atoms with Crippen molar-refractivity contribution in [2.45, 2.75) is 57.0 Å². The Kier molecular flexibility index (Phi) is 13.8. The van der Waals surface area contributed by atoms with Crippen LogP contribution in [-0.2, 0) is 33.4 Å². The Morgan fingerprint density at radius 2 is 1.49 bits per heavy atom. The van der Waals surface area contributed by atoms with E-state index in [1.165, 1.54) is 13.8 Å². The van der Waals surface area contributed by atoms with Crippen molar-refractivity contribution < 1.29 is 48.5 Å². The van der Waals surface area contributed by atoms with E-state index in [9.17, 15) is 39.0 Å². The van der Waals surface area contributed by atoms with E-state index < -0.39 is 72.5 Å². The lowest BCUT2D eigenvalue weighted by molar-refractivity contribution is -0.136. The Morgan fingerprint density at radius 1 is 0.892 bits per heavy atom. The molecule has 2 unspecified atom stereocenters. The van der Waals surface area contributed by atoms with Crippen molar-refractivity contribution in [2.24, 2.45) is 5.73 Å². The third-order valence-electron chi connectivity index (χ3n) is 4.89. The van der Waals surface area contributed by atoms with Gasteiger partial charge in [0.25, 0.3) is 11.8 Å². The van der Waals surface area contributed by atoms with Crippen molar-refractivity contribution in [3.05, 3.63) is 0 Å². The van der Waals surface area contributed by atoms with Gasteiger partial charge in [0, 0.05) is 13.0 Å². The van der Waals surface area contributed by atoms with E-state index >= 15 is 0 Å². The first-order valence-electron chi connectivity index (χ1n) is 11.5. The first-order chi connectivity index (χ1) is 17.4. The first-order valence-corrected chi connectivity index (χ1v) is 11.5. The number of aliphatic hydroxyl groups excluding tert-OH is 2. The number of urea groups is 1. The standard InChI is InChI=1S/C20H35N7O10/c1-10(28)15-18(33)22-5-6-36-7-8-37-9-14(31)24-16(11(2)29)19(34)27-26-17(32)12(3-4-13(21)30)23-20(35)25-15/h10-12,15-16,28-29H,3-9H2,1-2H3,(H2,21,30)(H,22,33)(H,24,31)(H,26,32)(H,27,34)(H2,23,25,35)/t10?,11?,12-,15+,16-/m1/s1. The number of hydrazine groups is 1. The third kappa shape index (κ3) is 12.3. The number of carbonyl (C=O) groups is 6. The maximum atomic E-state index is 12.6. The SMILES string of the molecule is CC(O)[C@@H]1NC(=O)N[C@H](CCC(N)=O)C(=O)NNC(=O)[C@@H](C(C)O)NC(=O)COCCOCCNC1=O. The zero-order valence-corrected chi connectivity index (χ0v) is 20.6. The number of ether oxygens (including phenoxy) is 2. The number of rotatable bonds is 5. The molecule has 17 nitrogen and oxygen atoms in total. The molecule has 0 radical (unpaired) electrons. The molecule has 0 bridgehead atoms. The van der Waals surface area contributed by atoms with Gasteiger partial charge in [-0.25, -0.2) is 4.79 Å². The van der Waals surface area contributed by atoms with Gasteiger partial charge < -0.3 is 46.7 Å². The third-order valence-corrected chi connectivity index (χ3v) is 4.89. The molecule has 0 spiro atoms. The highest BCUT2D eigenvalue weighted by Crippen LogP contribution is 2.00. The van der Waals surface area contributed by atoms with Crippen LogP contribution >= 0.6 is 0 Å². The van der Waals surface area contributed by atoms with Crippen LogP contribution in [0.4, 0.5) is 4.79 Å².